The Bertz CT molecular complexity index is 896. The topological polar surface area (TPSA) is 150 Å². The highest BCUT2D eigenvalue weighted by atomic mass is 35.5. The molecule has 2 aromatic rings. The van der Waals surface area contributed by atoms with Crippen molar-refractivity contribution >= 4 is 46.3 Å². The maximum atomic E-state index is 12.8. The van der Waals surface area contributed by atoms with E-state index < -0.39 is 29.7 Å². The zero-order valence-corrected chi connectivity index (χ0v) is 17.5. The number of alkyl halides is 1. The summed E-state index contributed by atoms with van der Waals surface area (Å²) < 4.78 is 0. The number of carbonyl (C=O) groups is 4. The van der Waals surface area contributed by atoms with Crippen LogP contribution >= 0.6 is 11.6 Å². The molecule has 1 unspecified atom stereocenters. The average molecular weight is 437 g/mol. The van der Waals surface area contributed by atoms with Crippen LogP contribution in [-0.4, -0.2) is 57.1 Å². The molecule has 4 amide bonds. The molecule has 0 radical (unpaired) electrons. The highest BCUT2D eigenvalue weighted by Gasteiger charge is 2.26. The van der Waals surface area contributed by atoms with Gasteiger partial charge in [0.1, 0.15) is 23.3 Å². The first-order chi connectivity index (χ1) is 14.2. The Balaban J connectivity index is 2.13. The maximum absolute atomic E-state index is 12.8. The number of nitrogens with zero attached hydrogens (tertiary/aromatic N) is 2. The van der Waals surface area contributed by atoms with Gasteiger partial charge in [-0.3, -0.25) is 29.6 Å². The Morgan fingerprint density at radius 3 is 2.63 bits per heavy atom. The van der Waals surface area contributed by atoms with Crippen molar-refractivity contribution < 1.29 is 19.2 Å². The van der Waals surface area contributed by atoms with Gasteiger partial charge in [0.15, 0.2) is 0 Å². The summed E-state index contributed by atoms with van der Waals surface area (Å²) in [4.78, 5) is 55.5. The van der Waals surface area contributed by atoms with Crippen molar-refractivity contribution in [1.29, 1.82) is 0 Å². The Kier molecular flexibility index (Phi) is 8.16. The smallest absolute Gasteiger partial charge is 0.268 e. The number of nitrogens with one attached hydrogen (secondary N) is 3. The van der Waals surface area contributed by atoms with Crippen LogP contribution in [0.25, 0.3) is 11.0 Å². The number of carbonyl (C=O) groups excluding carboxylic acids is 4. The van der Waals surface area contributed by atoms with E-state index >= 15 is 0 Å². The number of halogens is 1. The Morgan fingerprint density at radius 1 is 1.30 bits per heavy atom. The van der Waals surface area contributed by atoms with Crippen LogP contribution in [0.4, 0.5) is 0 Å². The number of primary amides is 1. The summed E-state index contributed by atoms with van der Waals surface area (Å²) in [5.74, 6) is -2.62. The van der Waals surface area contributed by atoms with Gasteiger partial charge in [0.25, 0.3) is 17.7 Å². The van der Waals surface area contributed by atoms with Gasteiger partial charge < -0.3 is 16.0 Å². The summed E-state index contributed by atoms with van der Waals surface area (Å²) in [5.41, 5.74) is 8.35. The van der Waals surface area contributed by atoms with Gasteiger partial charge in [-0.05, 0) is 30.5 Å². The van der Waals surface area contributed by atoms with Gasteiger partial charge in [0.05, 0.1) is 6.54 Å². The molecule has 5 N–H and O–H groups in total. The first-order valence-corrected chi connectivity index (χ1v) is 9.94. The minimum atomic E-state index is -0.920. The minimum Gasteiger partial charge on any atom is -0.370 e. The number of hydrazine groups is 1. The van der Waals surface area contributed by atoms with Crippen molar-refractivity contribution in [3.63, 3.8) is 0 Å². The lowest BCUT2D eigenvalue weighted by molar-refractivity contribution is -0.141. The fourth-order valence-corrected chi connectivity index (χ4v) is 2.91. The van der Waals surface area contributed by atoms with Crippen LogP contribution in [0.3, 0.4) is 0 Å². The van der Waals surface area contributed by atoms with Gasteiger partial charge in [-0.1, -0.05) is 13.8 Å². The summed E-state index contributed by atoms with van der Waals surface area (Å²) in [7, 11) is 0. The molecule has 0 spiro atoms. The molecular weight excluding hydrogens is 412 g/mol. The van der Waals surface area contributed by atoms with E-state index in [0.29, 0.717) is 12.1 Å². The second kappa shape index (κ2) is 10.6. The number of H-pyrrole nitrogens is 1. The minimum absolute atomic E-state index is 0.0771. The van der Waals surface area contributed by atoms with Crippen LogP contribution < -0.4 is 16.5 Å². The van der Waals surface area contributed by atoms with E-state index in [4.69, 9.17) is 17.3 Å². The molecule has 0 saturated carbocycles. The van der Waals surface area contributed by atoms with E-state index in [0.717, 1.165) is 10.4 Å². The number of hydrogen-bond donors (Lipinski definition) is 4. The summed E-state index contributed by atoms with van der Waals surface area (Å²) >= 11 is 5.57. The van der Waals surface area contributed by atoms with Gasteiger partial charge in [0, 0.05) is 18.0 Å². The predicted molar refractivity (Wildman–Crippen MR) is 111 cm³/mol. The molecule has 0 saturated heterocycles. The number of aromatic nitrogens is 2. The second-order valence-corrected chi connectivity index (χ2v) is 7.42. The van der Waals surface area contributed by atoms with E-state index in [1.807, 2.05) is 19.9 Å². The molecule has 10 nitrogen and oxygen atoms in total. The van der Waals surface area contributed by atoms with Crippen molar-refractivity contribution in [3.8, 4) is 0 Å². The lowest BCUT2D eigenvalue weighted by Crippen LogP contribution is -2.55. The van der Waals surface area contributed by atoms with Crippen molar-refractivity contribution in [2.24, 2.45) is 11.7 Å². The third kappa shape index (κ3) is 6.45. The summed E-state index contributed by atoms with van der Waals surface area (Å²) in [6, 6.07) is 4.28. The van der Waals surface area contributed by atoms with Gasteiger partial charge in [-0.25, -0.2) is 4.98 Å². The monoisotopic (exact) mass is 436 g/mol. The van der Waals surface area contributed by atoms with Crippen LogP contribution in [0.1, 0.15) is 37.2 Å². The molecule has 2 rings (SSSR count). The van der Waals surface area contributed by atoms with E-state index in [1.165, 1.54) is 0 Å². The van der Waals surface area contributed by atoms with Crippen molar-refractivity contribution in [2.45, 2.75) is 32.7 Å². The standard InChI is InChI=1S/C19H25ClN6O4/c1-11(2)8-13(19(30)25-26(16(28)10-20)7-5-15(21)27)24-18(29)14-9-12-4-3-6-22-17(12)23-14/h3-4,6,9,11,13H,5,7-8,10H2,1-2H3,(H2,21,27)(H,22,23)(H,24,29)(H,25,30). The van der Waals surface area contributed by atoms with Crippen molar-refractivity contribution in [3.05, 3.63) is 30.1 Å². The summed E-state index contributed by atoms with van der Waals surface area (Å²) in [6.45, 7) is 3.67. The van der Waals surface area contributed by atoms with Crippen molar-refractivity contribution in [2.75, 3.05) is 12.4 Å². The van der Waals surface area contributed by atoms with Gasteiger partial charge in [-0.2, -0.15) is 0 Å². The van der Waals surface area contributed by atoms with Crippen LogP contribution in [0, 0.1) is 5.92 Å². The highest BCUT2D eigenvalue weighted by molar-refractivity contribution is 6.27. The number of pyridine rings is 1. The Labute approximate surface area is 178 Å². The average Bonchev–Trinajstić information content (AvgIpc) is 3.13. The molecule has 2 aromatic heterocycles. The number of nitrogens with two attached hydrogens (primary N) is 1. The Hall–Kier alpha value is -3.14. The number of aromatic amines is 1. The molecule has 0 aliphatic rings. The fraction of sp³-hybridized carbons (Fsp3) is 0.421. The molecule has 11 heteroatoms. The van der Waals surface area contributed by atoms with E-state index in [-0.39, 0.29) is 30.5 Å². The molecule has 0 fully saturated rings. The van der Waals surface area contributed by atoms with Crippen molar-refractivity contribution in [1.82, 2.24) is 25.7 Å². The number of amides is 4. The Morgan fingerprint density at radius 2 is 2.03 bits per heavy atom. The van der Waals surface area contributed by atoms with E-state index in [1.54, 1.807) is 18.3 Å². The molecular formula is C19H25ClN6O4. The summed E-state index contributed by atoms with van der Waals surface area (Å²) in [5, 5.41) is 4.38. The first kappa shape index (κ1) is 23.1. The van der Waals surface area contributed by atoms with E-state index in [9.17, 15) is 19.2 Å². The molecule has 30 heavy (non-hydrogen) atoms. The lowest BCUT2D eigenvalue weighted by Gasteiger charge is -2.26. The van der Waals surface area contributed by atoms with E-state index in [2.05, 4.69) is 20.7 Å². The van der Waals surface area contributed by atoms with Gasteiger partial charge in [-0.15, -0.1) is 11.6 Å². The molecule has 0 aliphatic carbocycles. The third-order valence-corrected chi connectivity index (χ3v) is 4.44. The third-order valence-electron chi connectivity index (χ3n) is 4.21. The zero-order valence-electron chi connectivity index (χ0n) is 16.8. The molecule has 1 atom stereocenters. The normalized spacial score (nSPS) is 11.9. The molecule has 0 aromatic carbocycles. The predicted octanol–water partition coefficient (Wildman–Crippen LogP) is 0.681. The highest BCUT2D eigenvalue weighted by Crippen LogP contribution is 2.13. The van der Waals surface area contributed by atoms with Gasteiger partial charge >= 0.3 is 0 Å². The summed E-state index contributed by atoms with van der Waals surface area (Å²) in [6.07, 6.45) is 1.78. The van der Waals surface area contributed by atoms with Crippen LogP contribution in [0.2, 0.25) is 0 Å². The number of fused-ring (bicyclic) bond motifs is 1. The molecule has 0 bridgehead atoms. The fourth-order valence-electron chi connectivity index (χ4n) is 2.77. The molecule has 0 aliphatic heterocycles. The number of rotatable bonds is 9. The maximum Gasteiger partial charge on any atom is 0.268 e. The quantitative estimate of drug-likeness (QED) is 0.336. The molecule has 2 heterocycles. The van der Waals surface area contributed by atoms with Gasteiger partial charge in [0.2, 0.25) is 5.91 Å². The van der Waals surface area contributed by atoms with Crippen LogP contribution in [0.5, 0.6) is 0 Å². The molecule has 162 valence electrons. The lowest BCUT2D eigenvalue weighted by atomic mass is 10.0. The van der Waals surface area contributed by atoms with Crippen LogP contribution in [-0.2, 0) is 14.4 Å². The SMILES string of the molecule is CC(C)CC(NC(=O)c1cc2cccnc2[nH]1)C(=O)NN(CCC(N)=O)C(=O)CCl. The largest absolute Gasteiger partial charge is 0.370 e. The number of hydrogen-bond acceptors (Lipinski definition) is 5. The van der Waals surface area contributed by atoms with Crippen LogP contribution in [0.15, 0.2) is 24.4 Å². The first-order valence-electron chi connectivity index (χ1n) is 9.41. The second-order valence-electron chi connectivity index (χ2n) is 7.15. The zero-order chi connectivity index (χ0) is 22.3.